The number of likely N-dealkylation sites (tertiary alicyclic amines) is 1. The number of fused-ring (bicyclic) bond motifs is 1. The van der Waals surface area contributed by atoms with Gasteiger partial charge in [-0.3, -0.25) is 4.79 Å². The van der Waals surface area contributed by atoms with E-state index >= 15 is 0 Å². The zero-order valence-electron chi connectivity index (χ0n) is 14.2. The molecule has 2 heterocycles. The Morgan fingerprint density at radius 1 is 1.08 bits per heavy atom. The minimum absolute atomic E-state index is 0.126. The fourth-order valence-electron chi connectivity index (χ4n) is 3.79. The van der Waals surface area contributed by atoms with Crippen molar-refractivity contribution >= 4 is 16.8 Å². The van der Waals surface area contributed by atoms with E-state index in [4.69, 9.17) is 5.73 Å². The molecule has 0 aliphatic carbocycles. The molecule has 1 fully saturated rings. The number of nitrogens with two attached hydrogens (primary N) is 1. The van der Waals surface area contributed by atoms with Crippen LogP contribution in [0.5, 0.6) is 0 Å². The number of para-hydroxylation sites is 1. The normalized spacial score (nSPS) is 15.6. The van der Waals surface area contributed by atoms with Gasteiger partial charge < -0.3 is 15.6 Å². The SMILES string of the molecule is NCc1ccc(C(=O)N2CCC(c3c[nH]c4ccccc34)CC2)cc1. The fraction of sp³-hybridized carbons (Fsp3) is 0.286. The molecule has 4 nitrogen and oxygen atoms in total. The lowest BCUT2D eigenvalue weighted by Gasteiger charge is -2.32. The van der Waals surface area contributed by atoms with Gasteiger partial charge in [-0.25, -0.2) is 0 Å². The minimum Gasteiger partial charge on any atom is -0.361 e. The van der Waals surface area contributed by atoms with Crippen LogP contribution in [0.15, 0.2) is 54.7 Å². The number of H-pyrrole nitrogens is 1. The van der Waals surface area contributed by atoms with Crippen LogP contribution in [0.4, 0.5) is 0 Å². The Labute approximate surface area is 147 Å². The molecule has 4 rings (SSSR count). The van der Waals surface area contributed by atoms with E-state index in [0.717, 1.165) is 37.1 Å². The molecule has 3 N–H and O–H groups in total. The quantitative estimate of drug-likeness (QED) is 0.768. The number of amides is 1. The molecular weight excluding hydrogens is 310 g/mol. The first-order valence-corrected chi connectivity index (χ1v) is 8.90. The molecule has 1 aliphatic rings. The van der Waals surface area contributed by atoms with Crippen molar-refractivity contribution in [3.05, 3.63) is 71.4 Å². The third-order valence-electron chi connectivity index (χ3n) is 5.28. The molecule has 0 atom stereocenters. The van der Waals surface area contributed by atoms with Crippen LogP contribution in [0.2, 0.25) is 0 Å². The van der Waals surface area contributed by atoms with E-state index in [9.17, 15) is 4.79 Å². The van der Waals surface area contributed by atoms with Gasteiger partial charge in [0, 0.05) is 42.3 Å². The van der Waals surface area contributed by atoms with Crippen LogP contribution < -0.4 is 5.73 Å². The Kier molecular flexibility index (Phi) is 4.28. The van der Waals surface area contributed by atoms with Crippen molar-refractivity contribution in [2.75, 3.05) is 13.1 Å². The van der Waals surface area contributed by atoms with Crippen LogP contribution >= 0.6 is 0 Å². The third kappa shape index (κ3) is 3.05. The van der Waals surface area contributed by atoms with Crippen molar-refractivity contribution in [3.8, 4) is 0 Å². The lowest BCUT2D eigenvalue weighted by Crippen LogP contribution is -2.37. The van der Waals surface area contributed by atoms with Gasteiger partial charge >= 0.3 is 0 Å². The topological polar surface area (TPSA) is 62.1 Å². The number of carbonyl (C=O) groups excluding carboxylic acids is 1. The molecule has 0 saturated carbocycles. The number of hydrogen-bond donors (Lipinski definition) is 2. The lowest BCUT2D eigenvalue weighted by atomic mass is 9.89. The first kappa shape index (κ1) is 15.9. The molecule has 1 saturated heterocycles. The number of nitrogens with zero attached hydrogens (tertiary/aromatic N) is 1. The molecule has 3 aromatic rings. The van der Waals surface area contributed by atoms with Gasteiger partial charge in [0.2, 0.25) is 0 Å². The fourth-order valence-corrected chi connectivity index (χ4v) is 3.79. The third-order valence-corrected chi connectivity index (χ3v) is 5.28. The number of hydrogen-bond acceptors (Lipinski definition) is 2. The van der Waals surface area contributed by atoms with E-state index < -0.39 is 0 Å². The molecule has 1 aromatic heterocycles. The molecular formula is C21H23N3O. The highest BCUT2D eigenvalue weighted by Gasteiger charge is 2.25. The van der Waals surface area contributed by atoms with Gasteiger partial charge in [0.05, 0.1) is 0 Å². The first-order valence-electron chi connectivity index (χ1n) is 8.90. The number of piperidine rings is 1. The lowest BCUT2D eigenvalue weighted by molar-refractivity contribution is 0.0713. The summed E-state index contributed by atoms with van der Waals surface area (Å²) in [7, 11) is 0. The maximum Gasteiger partial charge on any atom is 0.253 e. The largest absolute Gasteiger partial charge is 0.361 e. The summed E-state index contributed by atoms with van der Waals surface area (Å²) in [6, 6.07) is 16.1. The number of benzene rings is 2. The van der Waals surface area contributed by atoms with E-state index in [2.05, 4.69) is 35.4 Å². The van der Waals surface area contributed by atoms with Gasteiger partial charge in [-0.15, -0.1) is 0 Å². The molecule has 0 radical (unpaired) electrons. The van der Waals surface area contributed by atoms with Crippen LogP contribution in [-0.4, -0.2) is 28.9 Å². The molecule has 4 heteroatoms. The molecule has 1 aliphatic heterocycles. The summed E-state index contributed by atoms with van der Waals surface area (Å²) < 4.78 is 0. The molecule has 128 valence electrons. The minimum atomic E-state index is 0.126. The van der Waals surface area contributed by atoms with Gasteiger partial charge in [0.15, 0.2) is 0 Å². The highest BCUT2D eigenvalue weighted by Crippen LogP contribution is 2.33. The zero-order valence-corrected chi connectivity index (χ0v) is 14.2. The van der Waals surface area contributed by atoms with Crippen molar-refractivity contribution in [3.63, 3.8) is 0 Å². The van der Waals surface area contributed by atoms with Crippen LogP contribution in [0, 0.1) is 0 Å². The van der Waals surface area contributed by atoms with Crippen molar-refractivity contribution < 1.29 is 4.79 Å². The maximum atomic E-state index is 12.7. The number of aromatic amines is 1. The van der Waals surface area contributed by atoms with Crippen LogP contribution in [0.3, 0.4) is 0 Å². The Bertz CT molecular complexity index is 874. The Morgan fingerprint density at radius 2 is 1.80 bits per heavy atom. The van der Waals surface area contributed by atoms with E-state index in [-0.39, 0.29) is 5.91 Å². The molecule has 1 amide bonds. The second kappa shape index (κ2) is 6.73. The summed E-state index contributed by atoms with van der Waals surface area (Å²) in [6.45, 7) is 2.12. The van der Waals surface area contributed by atoms with E-state index in [1.165, 1.54) is 16.5 Å². The number of nitrogens with one attached hydrogen (secondary N) is 1. The summed E-state index contributed by atoms with van der Waals surface area (Å²) >= 11 is 0. The number of carbonyl (C=O) groups is 1. The van der Waals surface area contributed by atoms with Crippen molar-refractivity contribution in [1.82, 2.24) is 9.88 Å². The second-order valence-corrected chi connectivity index (χ2v) is 6.76. The molecule has 2 aromatic carbocycles. The molecule has 0 spiro atoms. The maximum absolute atomic E-state index is 12.7. The van der Waals surface area contributed by atoms with Crippen molar-refractivity contribution in [2.24, 2.45) is 5.73 Å². The zero-order chi connectivity index (χ0) is 17.2. The first-order chi connectivity index (χ1) is 12.3. The average molecular weight is 333 g/mol. The van der Waals surface area contributed by atoms with E-state index in [0.29, 0.717) is 12.5 Å². The number of rotatable bonds is 3. The summed E-state index contributed by atoms with van der Waals surface area (Å²) in [5.74, 6) is 0.640. The molecule has 0 unspecified atom stereocenters. The van der Waals surface area contributed by atoms with Gasteiger partial charge in [-0.2, -0.15) is 0 Å². The van der Waals surface area contributed by atoms with E-state index in [1.54, 1.807) is 0 Å². The van der Waals surface area contributed by atoms with E-state index in [1.807, 2.05) is 29.2 Å². The smallest absolute Gasteiger partial charge is 0.253 e. The van der Waals surface area contributed by atoms with Crippen molar-refractivity contribution in [1.29, 1.82) is 0 Å². The van der Waals surface area contributed by atoms with Crippen LogP contribution in [-0.2, 0) is 6.54 Å². The predicted molar refractivity (Wildman–Crippen MR) is 101 cm³/mol. The van der Waals surface area contributed by atoms with Crippen LogP contribution in [0.1, 0.15) is 40.2 Å². The Balaban J connectivity index is 1.44. The monoisotopic (exact) mass is 333 g/mol. The Morgan fingerprint density at radius 3 is 2.52 bits per heavy atom. The summed E-state index contributed by atoms with van der Waals surface area (Å²) in [4.78, 5) is 18.0. The Hall–Kier alpha value is -2.59. The van der Waals surface area contributed by atoms with Gasteiger partial charge in [-0.1, -0.05) is 30.3 Å². The van der Waals surface area contributed by atoms with Gasteiger partial charge in [-0.05, 0) is 48.1 Å². The highest BCUT2D eigenvalue weighted by atomic mass is 16.2. The molecule has 0 bridgehead atoms. The summed E-state index contributed by atoms with van der Waals surface area (Å²) in [6.07, 6.45) is 4.15. The number of aromatic nitrogens is 1. The second-order valence-electron chi connectivity index (χ2n) is 6.76. The van der Waals surface area contributed by atoms with Gasteiger partial charge in [0.1, 0.15) is 0 Å². The van der Waals surface area contributed by atoms with Crippen LogP contribution in [0.25, 0.3) is 10.9 Å². The average Bonchev–Trinajstić information content (AvgIpc) is 3.12. The standard InChI is InChI=1S/C21H23N3O/c22-13-15-5-7-17(8-6-15)21(25)24-11-9-16(10-12-24)19-14-23-20-4-2-1-3-18(19)20/h1-8,14,16,23H,9-13,22H2. The summed E-state index contributed by atoms with van der Waals surface area (Å²) in [5.41, 5.74) is 10.0. The summed E-state index contributed by atoms with van der Waals surface area (Å²) in [5, 5.41) is 1.31. The molecule has 25 heavy (non-hydrogen) atoms. The predicted octanol–water partition coefficient (Wildman–Crippen LogP) is 3.65. The van der Waals surface area contributed by atoms with Gasteiger partial charge in [0.25, 0.3) is 5.91 Å². The highest BCUT2D eigenvalue weighted by molar-refractivity contribution is 5.94. The van der Waals surface area contributed by atoms with Crippen molar-refractivity contribution in [2.45, 2.75) is 25.3 Å².